The molecule has 0 unspecified atom stereocenters. The minimum atomic E-state index is 0.858. The molecule has 0 aliphatic heterocycles. The van der Waals surface area contributed by atoms with Gasteiger partial charge in [-0.2, -0.15) is 0 Å². The lowest BCUT2D eigenvalue weighted by Crippen LogP contribution is -2.13. The lowest BCUT2D eigenvalue weighted by molar-refractivity contribution is 0.661. The van der Waals surface area contributed by atoms with E-state index < -0.39 is 0 Å². The van der Waals surface area contributed by atoms with Crippen LogP contribution in [0.25, 0.3) is 0 Å². The van der Waals surface area contributed by atoms with Crippen LogP contribution < -0.4 is 5.32 Å². The van der Waals surface area contributed by atoms with Crippen LogP contribution in [0.3, 0.4) is 0 Å². The summed E-state index contributed by atoms with van der Waals surface area (Å²) in [5.74, 6) is 0. The zero-order valence-electron chi connectivity index (χ0n) is 11.0. The molecule has 0 fully saturated rings. The van der Waals surface area contributed by atoms with Crippen molar-refractivity contribution in [2.24, 2.45) is 0 Å². The largest absolute Gasteiger partial charge is 0.337 e. The van der Waals surface area contributed by atoms with Crippen molar-refractivity contribution >= 4 is 11.3 Å². The quantitative estimate of drug-likeness (QED) is 0.781. The Morgan fingerprint density at radius 2 is 2.28 bits per heavy atom. The maximum atomic E-state index is 4.47. The first-order valence-corrected chi connectivity index (χ1v) is 7.28. The first-order valence-electron chi connectivity index (χ1n) is 6.40. The summed E-state index contributed by atoms with van der Waals surface area (Å²) in [6.07, 6.45) is 6.15. The fraction of sp³-hybridized carbons (Fsp3) is 0.538. The Labute approximate surface area is 112 Å². The molecule has 0 saturated carbocycles. The zero-order valence-corrected chi connectivity index (χ0v) is 11.8. The van der Waals surface area contributed by atoms with E-state index in [1.54, 1.807) is 11.3 Å². The number of thiazole rings is 1. The minimum Gasteiger partial charge on any atom is -0.337 e. The smallest absolute Gasteiger partial charge is 0.0950 e. The van der Waals surface area contributed by atoms with Gasteiger partial charge in [0.1, 0.15) is 0 Å². The fourth-order valence-corrected chi connectivity index (χ4v) is 2.43. The second-order valence-electron chi connectivity index (χ2n) is 4.39. The van der Waals surface area contributed by atoms with Crippen molar-refractivity contribution in [3.63, 3.8) is 0 Å². The second kappa shape index (κ2) is 6.66. The predicted molar refractivity (Wildman–Crippen MR) is 74.8 cm³/mol. The molecule has 0 aliphatic carbocycles. The minimum absolute atomic E-state index is 0.858. The molecule has 0 saturated heterocycles. The summed E-state index contributed by atoms with van der Waals surface area (Å²) in [6, 6.07) is 0. The van der Waals surface area contributed by atoms with E-state index in [0.29, 0.717) is 0 Å². The van der Waals surface area contributed by atoms with Crippen LogP contribution in [0.5, 0.6) is 0 Å². The number of imidazole rings is 1. The normalized spacial score (nSPS) is 11.0. The molecule has 0 atom stereocenters. The summed E-state index contributed by atoms with van der Waals surface area (Å²) in [5, 5.41) is 6.63. The van der Waals surface area contributed by atoms with Gasteiger partial charge in [-0.25, -0.2) is 9.97 Å². The van der Waals surface area contributed by atoms with E-state index in [2.05, 4.69) is 38.4 Å². The van der Waals surface area contributed by atoms with E-state index in [4.69, 9.17) is 0 Å². The van der Waals surface area contributed by atoms with E-state index in [1.807, 2.05) is 13.3 Å². The maximum absolute atomic E-state index is 4.47. The first-order chi connectivity index (χ1) is 8.78. The van der Waals surface area contributed by atoms with Crippen molar-refractivity contribution in [1.82, 2.24) is 19.9 Å². The van der Waals surface area contributed by atoms with Crippen LogP contribution in [0, 0.1) is 6.92 Å². The molecule has 0 aliphatic rings. The highest BCUT2D eigenvalue weighted by Crippen LogP contribution is 2.09. The van der Waals surface area contributed by atoms with Gasteiger partial charge >= 0.3 is 0 Å². The first kappa shape index (κ1) is 13.2. The number of nitrogens with zero attached hydrogens (tertiary/aromatic N) is 3. The molecule has 5 heteroatoms. The van der Waals surface area contributed by atoms with E-state index in [-0.39, 0.29) is 0 Å². The molecule has 18 heavy (non-hydrogen) atoms. The average Bonchev–Trinajstić information content (AvgIpc) is 2.96. The summed E-state index contributed by atoms with van der Waals surface area (Å²) < 4.78 is 2.14. The standard InChI is InChI=1S/C13H20N4S/c1-3-5-14-7-13-8-17(10-15-13)6-4-12-9-18-11(2)16-12/h8-10,14H,3-7H2,1-2H3. The molecular formula is C13H20N4S. The van der Waals surface area contributed by atoms with Gasteiger partial charge in [0.2, 0.25) is 0 Å². The molecule has 0 aromatic carbocycles. The fourth-order valence-electron chi connectivity index (χ4n) is 1.78. The number of aromatic nitrogens is 3. The Hall–Kier alpha value is -1.20. The number of hydrogen-bond donors (Lipinski definition) is 1. The van der Waals surface area contributed by atoms with Gasteiger partial charge in [-0.15, -0.1) is 11.3 Å². The van der Waals surface area contributed by atoms with Crippen LogP contribution in [-0.2, 0) is 19.5 Å². The van der Waals surface area contributed by atoms with Gasteiger partial charge in [-0.05, 0) is 19.9 Å². The molecule has 0 amide bonds. The highest BCUT2D eigenvalue weighted by Gasteiger charge is 2.01. The van der Waals surface area contributed by atoms with E-state index in [9.17, 15) is 0 Å². The van der Waals surface area contributed by atoms with Gasteiger partial charge in [0.15, 0.2) is 0 Å². The van der Waals surface area contributed by atoms with Crippen molar-refractivity contribution in [2.75, 3.05) is 6.54 Å². The Balaban J connectivity index is 1.79. The number of nitrogens with one attached hydrogen (secondary N) is 1. The van der Waals surface area contributed by atoms with Crippen LogP contribution in [0.2, 0.25) is 0 Å². The lowest BCUT2D eigenvalue weighted by Gasteiger charge is -2.00. The highest BCUT2D eigenvalue weighted by molar-refractivity contribution is 7.09. The topological polar surface area (TPSA) is 42.7 Å². The molecule has 2 aromatic rings. The maximum Gasteiger partial charge on any atom is 0.0950 e. The summed E-state index contributed by atoms with van der Waals surface area (Å²) in [5.41, 5.74) is 2.29. The van der Waals surface area contributed by atoms with E-state index in [0.717, 1.165) is 43.2 Å². The molecule has 1 N–H and O–H groups in total. The second-order valence-corrected chi connectivity index (χ2v) is 5.45. The van der Waals surface area contributed by atoms with Crippen molar-refractivity contribution in [1.29, 1.82) is 0 Å². The summed E-state index contributed by atoms with van der Waals surface area (Å²) in [7, 11) is 0. The van der Waals surface area contributed by atoms with Crippen molar-refractivity contribution in [3.8, 4) is 0 Å². The molecule has 0 radical (unpaired) electrons. The van der Waals surface area contributed by atoms with E-state index in [1.165, 1.54) is 5.69 Å². The Morgan fingerprint density at radius 3 is 3.00 bits per heavy atom. The Kier molecular flexibility index (Phi) is 4.90. The predicted octanol–water partition coefficient (Wildman–Crippen LogP) is 2.39. The molecule has 2 rings (SSSR count). The molecular weight excluding hydrogens is 244 g/mol. The summed E-state index contributed by atoms with van der Waals surface area (Å²) >= 11 is 1.71. The number of hydrogen-bond acceptors (Lipinski definition) is 4. The van der Waals surface area contributed by atoms with Crippen LogP contribution in [0.4, 0.5) is 0 Å². The van der Waals surface area contributed by atoms with Gasteiger partial charge in [0.25, 0.3) is 0 Å². The zero-order chi connectivity index (χ0) is 12.8. The van der Waals surface area contributed by atoms with Crippen LogP contribution in [-0.4, -0.2) is 21.1 Å². The molecule has 4 nitrogen and oxygen atoms in total. The van der Waals surface area contributed by atoms with Crippen LogP contribution in [0.1, 0.15) is 29.7 Å². The Morgan fingerprint density at radius 1 is 1.39 bits per heavy atom. The monoisotopic (exact) mass is 264 g/mol. The highest BCUT2D eigenvalue weighted by atomic mass is 32.1. The Bertz CT molecular complexity index is 475. The third kappa shape index (κ3) is 3.92. The molecule has 0 bridgehead atoms. The van der Waals surface area contributed by atoms with Gasteiger partial charge in [0, 0.05) is 31.1 Å². The van der Waals surface area contributed by atoms with Crippen molar-refractivity contribution in [3.05, 3.63) is 34.3 Å². The third-order valence-corrected chi connectivity index (χ3v) is 3.53. The van der Waals surface area contributed by atoms with Crippen LogP contribution >= 0.6 is 11.3 Å². The van der Waals surface area contributed by atoms with Crippen molar-refractivity contribution < 1.29 is 0 Å². The van der Waals surface area contributed by atoms with Crippen molar-refractivity contribution in [2.45, 2.75) is 39.8 Å². The molecule has 98 valence electrons. The number of aryl methyl sites for hydroxylation is 3. The molecule has 0 spiro atoms. The van der Waals surface area contributed by atoms with E-state index >= 15 is 0 Å². The molecule has 2 heterocycles. The summed E-state index contributed by atoms with van der Waals surface area (Å²) in [4.78, 5) is 8.85. The molecule has 2 aromatic heterocycles. The van der Waals surface area contributed by atoms with Gasteiger partial charge in [-0.3, -0.25) is 0 Å². The lowest BCUT2D eigenvalue weighted by atomic mass is 10.3. The van der Waals surface area contributed by atoms with Gasteiger partial charge in [-0.1, -0.05) is 6.92 Å². The third-order valence-electron chi connectivity index (χ3n) is 2.71. The SMILES string of the molecule is CCCNCc1cn(CCc2csc(C)n2)cn1. The summed E-state index contributed by atoms with van der Waals surface area (Å²) in [6.45, 7) is 7.07. The van der Waals surface area contributed by atoms with Gasteiger partial charge < -0.3 is 9.88 Å². The van der Waals surface area contributed by atoms with Crippen LogP contribution in [0.15, 0.2) is 17.9 Å². The average molecular weight is 264 g/mol. The number of rotatable bonds is 7. The van der Waals surface area contributed by atoms with Gasteiger partial charge in [0.05, 0.1) is 22.7 Å².